The number of rotatable bonds is 5. The van der Waals surface area contributed by atoms with Crippen molar-refractivity contribution in [2.24, 2.45) is 18.4 Å². The molecule has 3 aromatic rings. The van der Waals surface area contributed by atoms with Crippen LogP contribution in [0.3, 0.4) is 0 Å². The van der Waals surface area contributed by atoms with E-state index < -0.39 is 58.2 Å². The van der Waals surface area contributed by atoms with Crippen LogP contribution >= 0.6 is 0 Å². The Morgan fingerprint density at radius 3 is 2.35 bits per heavy atom. The van der Waals surface area contributed by atoms with Crippen LogP contribution in [0.4, 0.5) is 17.6 Å². The number of fused-ring (bicyclic) bond motifs is 1. The molecule has 5 rings (SSSR count). The van der Waals surface area contributed by atoms with Gasteiger partial charge in [0.2, 0.25) is 17.7 Å². The lowest BCUT2D eigenvalue weighted by atomic mass is 9.67. The molecule has 1 aromatic heterocycles. The van der Waals surface area contributed by atoms with E-state index in [-0.39, 0.29) is 37.7 Å². The van der Waals surface area contributed by atoms with E-state index in [2.05, 4.69) is 10.4 Å². The normalized spacial score (nSPS) is 19.5. The molecular weight excluding hydrogens is 570 g/mol. The molecule has 0 bridgehead atoms. The number of halogens is 4. The Bertz CT molecular complexity index is 1620. The van der Waals surface area contributed by atoms with E-state index in [9.17, 15) is 36.7 Å². The molecule has 3 heterocycles. The van der Waals surface area contributed by atoms with Gasteiger partial charge in [0.1, 0.15) is 11.9 Å². The highest BCUT2D eigenvalue weighted by Gasteiger charge is 2.59. The fraction of sp³-hybridized carbons (Fsp3) is 0.433. The van der Waals surface area contributed by atoms with Crippen molar-refractivity contribution in [3.63, 3.8) is 0 Å². The van der Waals surface area contributed by atoms with Crippen molar-refractivity contribution in [1.82, 2.24) is 24.9 Å². The van der Waals surface area contributed by atoms with Crippen molar-refractivity contribution >= 4 is 34.5 Å². The number of likely N-dealkylation sites (N-methyl/N-ethyl adjacent to an activating group) is 1. The summed E-state index contributed by atoms with van der Waals surface area (Å²) in [5.41, 5.74) is -1.53. The van der Waals surface area contributed by atoms with Crippen LogP contribution in [-0.4, -0.2) is 69.4 Å². The maximum absolute atomic E-state index is 14.4. The van der Waals surface area contributed by atoms with Crippen molar-refractivity contribution < 1.29 is 36.7 Å². The van der Waals surface area contributed by atoms with Gasteiger partial charge in [-0.1, -0.05) is 19.9 Å². The number of hydrogen-bond donors (Lipinski definition) is 1. The third-order valence-corrected chi connectivity index (χ3v) is 8.69. The number of carbonyl (C=O) groups is 4. The number of aromatic nitrogens is 2. The third kappa shape index (κ3) is 5.14. The zero-order valence-electron chi connectivity index (χ0n) is 24.0. The first-order valence-electron chi connectivity index (χ1n) is 13.9. The van der Waals surface area contributed by atoms with Gasteiger partial charge in [-0.05, 0) is 54.7 Å². The van der Waals surface area contributed by atoms with Gasteiger partial charge in [0.05, 0.1) is 34.2 Å². The van der Waals surface area contributed by atoms with Gasteiger partial charge in [0.15, 0.2) is 0 Å². The number of hydrogen-bond acceptors (Lipinski definition) is 5. The summed E-state index contributed by atoms with van der Waals surface area (Å²) < 4.78 is 55.6. The summed E-state index contributed by atoms with van der Waals surface area (Å²) in [7, 11) is 3.25. The second-order valence-corrected chi connectivity index (χ2v) is 11.6. The molecule has 1 N–H and O–H groups in total. The lowest BCUT2D eigenvalue weighted by molar-refractivity contribution is -0.144. The lowest BCUT2D eigenvalue weighted by Crippen LogP contribution is -2.55. The van der Waals surface area contributed by atoms with Crippen LogP contribution in [0.15, 0.2) is 42.6 Å². The van der Waals surface area contributed by atoms with Crippen LogP contribution in [0.1, 0.15) is 54.1 Å². The SMILES string of the molecule is CC(C)[C@@H](NC(=O)c1cc(C(F)(F)F)ccc1F)C(=O)N1CCC2(CC1)C(=O)N(C)C(=O)C2c1ccc2c(cnn2C)c1. The van der Waals surface area contributed by atoms with E-state index in [1.807, 2.05) is 18.2 Å². The predicted molar refractivity (Wildman–Crippen MR) is 147 cm³/mol. The largest absolute Gasteiger partial charge is 0.416 e. The van der Waals surface area contributed by atoms with E-state index in [4.69, 9.17) is 0 Å². The summed E-state index contributed by atoms with van der Waals surface area (Å²) in [5.74, 6) is -4.70. The minimum Gasteiger partial charge on any atom is -0.341 e. The average Bonchev–Trinajstić information content (AvgIpc) is 3.41. The maximum atomic E-state index is 14.4. The molecule has 0 radical (unpaired) electrons. The average molecular weight is 602 g/mol. The molecule has 2 atom stereocenters. The van der Waals surface area contributed by atoms with Crippen LogP contribution < -0.4 is 5.32 Å². The minimum atomic E-state index is -4.78. The van der Waals surface area contributed by atoms with E-state index in [1.54, 1.807) is 31.8 Å². The van der Waals surface area contributed by atoms with E-state index in [0.717, 1.165) is 15.8 Å². The predicted octanol–water partition coefficient (Wildman–Crippen LogP) is 3.88. The minimum absolute atomic E-state index is 0.105. The number of benzene rings is 2. The Morgan fingerprint density at radius 1 is 1.05 bits per heavy atom. The van der Waals surface area contributed by atoms with Gasteiger partial charge in [-0.2, -0.15) is 18.3 Å². The zero-order valence-corrected chi connectivity index (χ0v) is 24.0. The molecule has 2 aromatic carbocycles. The Labute approximate surface area is 244 Å². The number of nitrogens with one attached hydrogen (secondary N) is 1. The van der Waals surface area contributed by atoms with Crippen molar-refractivity contribution in [3.05, 3.63) is 65.1 Å². The quantitative estimate of drug-likeness (QED) is 0.353. The van der Waals surface area contributed by atoms with Crippen LogP contribution in [0.2, 0.25) is 0 Å². The molecule has 4 amide bonds. The number of likely N-dealkylation sites (tertiary alicyclic amines) is 2. The highest BCUT2D eigenvalue weighted by atomic mass is 19.4. The topological polar surface area (TPSA) is 105 Å². The summed E-state index contributed by atoms with van der Waals surface area (Å²) in [4.78, 5) is 56.0. The van der Waals surface area contributed by atoms with Crippen LogP contribution in [0.25, 0.3) is 10.9 Å². The zero-order chi connectivity index (χ0) is 31.4. The molecule has 43 heavy (non-hydrogen) atoms. The van der Waals surface area contributed by atoms with Crippen molar-refractivity contribution in [3.8, 4) is 0 Å². The first-order chi connectivity index (χ1) is 20.2. The van der Waals surface area contributed by atoms with Crippen LogP contribution in [-0.2, 0) is 27.6 Å². The molecular formula is C30H31F4N5O4. The smallest absolute Gasteiger partial charge is 0.341 e. The third-order valence-electron chi connectivity index (χ3n) is 8.69. The van der Waals surface area contributed by atoms with Crippen molar-refractivity contribution in [2.75, 3.05) is 20.1 Å². The molecule has 2 saturated heterocycles. The molecule has 228 valence electrons. The van der Waals surface area contributed by atoms with Crippen molar-refractivity contribution in [1.29, 1.82) is 0 Å². The molecule has 0 aliphatic carbocycles. The number of nitrogens with zero attached hydrogens (tertiary/aromatic N) is 4. The fourth-order valence-electron chi connectivity index (χ4n) is 6.24. The van der Waals surface area contributed by atoms with E-state index in [1.165, 1.54) is 11.9 Å². The highest BCUT2D eigenvalue weighted by Crippen LogP contribution is 2.51. The van der Waals surface area contributed by atoms with Gasteiger partial charge < -0.3 is 10.2 Å². The lowest BCUT2D eigenvalue weighted by Gasteiger charge is -2.41. The molecule has 13 heteroatoms. The Hall–Kier alpha value is -4.29. The summed E-state index contributed by atoms with van der Waals surface area (Å²) in [6.45, 7) is 3.51. The monoisotopic (exact) mass is 601 g/mol. The second-order valence-electron chi connectivity index (χ2n) is 11.6. The Balaban J connectivity index is 1.36. The molecule has 1 spiro atoms. The molecule has 2 aliphatic heterocycles. The molecule has 0 saturated carbocycles. The van der Waals surface area contributed by atoms with Gasteiger partial charge in [-0.3, -0.25) is 28.8 Å². The van der Waals surface area contributed by atoms with Gasteiger partial charge in [-0.25, -0.2) is 4.39 Å². The van der Waals surface area contributed by atoms with Gasteiger partial charge in [0.25, 0.3) is 5.91 Å². The van der Waals surface area contributed by atoms with Crippen LogP contribution in [0, 0.1) is 17.2 Å². The molecule has 2 aliphatic rings. The van der Waals surface area contributed by atoms with Crippen LogP contribution in [0.5, 0.6) is 0 Å². The van der Waals surface area contributed by atoms with E-state index >= 15 is 0 Å². The number of carbonyl (C=O) groups excluding carboxylic acids is 4. The molecule has 1 unspecified atom stereocenters. The second kappa shape index (κ2) is 10.8. The first-order valence-corrected chi connectivity index (χ1v) is 13.9. The summed E-state index contributed by atoms with van der Waals surface area (Å²) in [6, 6.07) is 5.87. The Morgan fingerprint density at radius 2 is 1.72 bits per heavy atom. The molecule has 9 nitrogen and oxygen atoms in total. The highest BCUT2D eigenvalue weighted by molar-refractivity contribution is 6.10. The number of piperidine rings is 1. The number of amides is 4. The number of aryl methyl sites for hydroxylation is 1. The summed E-state index contributed by atoms with van der Waals surface area (Å²) in [5, 5.41) is 7.48. The van der Waals surface area contributed by atoms with E-state index in [0.29, 0.717) is 23.8 Å². The standard InChI is InChI=1S/C30H31F4N5O4/c1-16(2)24(36-25(40)20-14-19(30(32,33)34)6-7-21(20)31)27(42)39-11-9-29(10-12-39)23(26(41)37(3)28(29)43)17-5-8-22-18(13-17)15-35-38(22)4/h5-8,13-16,23-24H,9-12H2,1-4H3,(H,36,40)/t23?,24-/m1/s1. The number of alkyl halides is 3. The summed E-state index contributed by atoms with van der Waals surface area (Å²) in [6.07, 6.45) is -2.73. The number of imide groups is 1. The Kier molecular flexibility index (Phi) is 7.55. The van der Waals surface area contributed by atoms with Crippen molar-refractivity contribution in [2.45, 2.75) is 44.8 Å². The van der Waals surface area contributed by atoms with Gasteiger partial charge in [-0.15, -0.1) is 0 Å². The molecule has 2 fully saturated rings. The first kappa shape index (κ1) is 30.2. The van der Waals surface area contributed by atoms with Gasteiger partial charge >= 0.3 is 6.18 Å². The van der Waals surface area contributed by atoms with Gasteiger partial charge in [0, 0.05) is 32.6 Å². The fourth-order valence-corrected chi connectivity index (χ4v) is 6.24. The maximum Gasteiger partial charge on any atom is 0.416 e. The summed E-state index contributed by atoms with van der Waals surface area (Å²) >= 11 is 0.